The van der Waals surface area contributed by atoms with E-state index >= 15 is 0 Å². The second-order valence-electron chi connectivity index (χ2n) is 4.70. The number of nitrogens with zero attached hydrogens (tertiary/aromatic N) is 1. The SMILES string of the molecule is COc1ccc(CNCC(C)Oc2ccccn2)cc1Cl. The molecule has 2 aromatic rings. The summed E-state index contributed by atoms with van der Waals surface area (Å²) in [5.74, 6) is 1.33. The third kappa shape index (κ3) is 4.92. The van der Waals surface area contributed by atoms with Gasteiger partial charge in [-0.15, -0.1) is 0 Å². The standard InChI is InChI=1S/C16H19ClN2O2/c1-12(21-16-5-3-4-8-19-16)10-18-11-13-6-7-15(20-2)14(17)9-13/h3-9,12,18H,10-11H2,1-2H3. The second-order valence-corrected chi connectivity index (χ2v) is 5.10. The molecule has 0 fully saturated rings. The third-order valence-electron chi connectivity index (χ3n) is 2.94. The summed E-state index contributed by atoms with van der Waals surface area (Å²) in [6.45, 7) is 3.45. The summed E-state index contributed by atoms with van der Waals surface area (Å²) < 4.78 is 10.8. The summed E-state index contributed by atoms with van der Waals surface area (Å²) in [7, 11) is 1.61. The fourth-order valence-corrected chi connectivity index (χ4v) is 2.18. The molecule has 0 bridgehead atoms. The monoisotopic (exact) mass is 306 g/mol. The van der Waals surface area contributed by atoms with Crippen LogP contribution in [0.1, 0.15) is 12.5 Å². The Kier molecular flexibility index (Phi) is 5.84. The fraction of sp³-hybridized carbons (Fsp3) is 0.312. The number of pyridine rings is 1. The minimum atomic E-state index is 0.0358. The molecule has 0 aliphatic heterocycles. The Hall–Kier alpha value is -1.78. The summed E-state index contributed by atoms with van der Waals surface area (Å²) in [6, 6.07) is 11.4. The summed E-state index contributed by atoms with van der Waals surface area (Å²) in [6.07, 6.45) is 1.75. The lowest BCUT2D eigenvalue weighted by molar-refractivity contribution is 0.208. The van der Waals surface area contributed by atoms with Gasteiger partial charge >= 0.3 is 0 Å². The van der Waals surface area contributed by atoms with Crippen LogP contribution >= 0.6 is 11.6 Å². The van der Waals surface area contributed by atoms with Crippen LogP contribution in [-0.2, 0) is 6.54 Å². The molecule has 0 saturated carbocycles. The van der Waals surface area contributed by atoms with Gasteiger partial charge in [0.1, 0.15) is 11.9 Å². The van der Waals surface area contributed by atoms with Crippen molar-refractivity contribution in [1.82, 2.24) is 10.3 Å². The molecule has 1 N–H and O–H groups in total. The number of halogens is 1. The van der Waals surface area contributed by atoms with Crippen LogP contribution in [0.15, 0.2) is 42.6 Å². The summed E-state index contributed by atoms with van der Waals surface area (Å²) in [5.41, 5.74) is 1.10. The molecule has 2 rings (SSSR count). The fourth-order valence-electron chi connectivity index (χ4n) is 1.90. The van der Waals surface area contributed by atoms with Crippen molar-refractivity contribution in [2.45, 2.75) is 19.6 Å². The number of benzene rings is 1. The first-order valence-corrected chi connectivity index (χ1v) is 7.17. The molecule has 0 radical (unpaired) electrons. The Morgan fingerprint density at radius 3 is 2.81 bits per heavy atom. The van der Waals surface area contributed by atoms with E-state index in [9.17, 15) is 0 Å². The van der Waals surface area contributed by atoms with E-state index < -0.39 is 0 Å². The van der Waals surface area contributed by atoms with Crippen molar-refractivity contribution in [1.29, 1.82) is 0 Å². The first-order chi connectivity index (χ1) is 10.2. The molecule has 1 atom stereocenters. The number of hydrogen-bond acceptors (Lipinski definition) is 4. The largest absolute Gasteiger partial charge is 0.495 e. The van der Waals surface area contributed by atoms with Crippen molar-refractivity contribution in [3.8, 4) is 11.6 Å². The Bertz CT molecular complexity index is 563. The zero-order chi connectivity index (χ0) is 15.1. The van der Waals surface area contributed by atoms with E-state index in [-0.39, 0.29) is 6.10 Å². The first kappa shape index (κ1) is 15.6. The van der Waals surface area contributed by atoms with Crippen LogP contribution in [0.3, 0.4) is 0 Å². The molecule has 0 spiro atoms. The number of nitrogens with one attached hydrogen (secondary N) is 1. The quantitative estimate of drug-likeness (QED) is 0.852. The Labute approximate surface area is 130 Å². The first-order valence-electron chi connectivity index (χ1n) is 6.80. The predicted octanol–water partition coefficient (Wildman–Crippen LogP) is 3.30. The Morgan fingerprint density at radius 1 is 1.29 bits per heavy atom. The normalized spacial score (nSPS) is 12.0. The highest BCUT2D eigenvalue weighted by Gasteiger charge is 2.05. The van der Waals surface area contributed by atoms with Gasteiger partial charge in [-0.2, -0.15) is 0 Å². The van der Waals surface area contributed by atoms with Crippen LogP contribution in [0.2, 0.25) is 5.02 Å². The number of hydrogen-bond donors (Lipinski definition) is 1. The van der Waals surface area contributed by atoms with E-state index in [2.05, 4.69) is 10.3 Å². The van der Waals surface area contributed by atoms with Crippen molar-refractivity contribution < 1.29 is 9.47 Å². The minimum Gasteiger partial charge on any atom is -0.495 e. The molecule has 0 amide bonds. The molecule has 1 aromatic carbocycles. The van der Waals surface area contributed by atoms with Gasteiger partial charge < -0.3 is 14.8 Å². The molecule has 1 unspecified atom stereocenters. The highest BCUT2D eigenvalue weighted by molar-refractivity contribution is 6.32. The van der Waals surface area contributed by atoms with Crippen molar-refractivity contribution in [2.75, 3.05) is 13.7 Å². The van der Waals surface area contributed by atoms with Crippen LogP contribution in [0, 0.1) is 0 Å². The van der Waals surface area contributed by atoms with Gasteiger partial charge in [0, 0.05) is 25.4 Å². The lowest BCUT2D eigenvalue weighted by atomic mass is 10.2. The van der Waals surface area contributed by atoms with Crippen molar-refractivity contribution in [3.63, 3.8) is 0 Å². The molecule has 1 aromatic heterocycles. The van der Waals surface area contributed by atoms with Crippen LogP contribution in [0.4, 0.5) is 0 Å². The Morgan fingerprint density at radius 2 is 2.14 bits per heavy atom. The minimum absolute atomic E-state index is 0.0358. The van der Waals surface area contributed by atoms with Crippen LogP contribution in [0.5, 0.6) is 11.6 Å². The number of aromatic nitrogens is 1. The summed E-state index contributed by atoms with van der Waals surface area (Å²) >= 11 is 6.09. The van der Waals surface area contributed by atoms with Crippen molar-refractivity contribution in [2.24, 2.45) is 0 Å². The van der Waals surface area contributed by atoms with Gasteiger partial charge in [0.05, 0.1) is 12.1 Å². The smallest absolute Gasteiger partial charge is 0.213 e. The van der Waals surface area contributed by atoms with E-state index in [1.54, 1.807) is 13.3 Å². The van der Waals surface area contributed by atoms with Gasteiger partial charge in [0.2, 0.25) is 5.88 Å². The molecule has 0 saturated heterocycles. The zero-order valence-electron chi connectivity index (χ0n) is 12.2. The van der Waals surface area contributed by atoms with Crippen LogP contribution in [-0.4, -0.2) is 24.7 Å². The molecule has 1 heterocycles. The molecule has 112 valence electrons. The highest BCUT2D eigenvalue weighted by atomic mass is 35.5. The topological polar surface area (TPSA) is 43.4 Å². The summed E-state index contributed by atoms with van der Waals surface area (Å²) in [5, 5.41) is 3.95. The molecular formula is C16H19ClN2O2. The molecule has 0 aliphatic carbocycles. The molecule has 5 heteroatoms. The number of methoxy groups -OCH3 is 1. The second kappa shape index (κ2) is 7.86. The third-order valence-corrected chi connectivity index (χ3v) is 3.23. The molecule has 4 nitrogen and oxygen atoms in total. The average molecular weight is 307 g/mol. The van der Waals surface area contributed by atoms with Gasteiger partial charge in [-0.05, 0) is 30.7 Å². The van der Waals surface area contributed by atoms with E-state index in [1.165, 1.54) is 0 Å². The maximum atomic E-state index is 6.09. The van der Waals surface area contributed by atoms with E-state index in [1.807, 2.05) is 43.3 Å². The summed E-state index contributed by atoms with van der Waals surface area (Å²) in [4.78, 5) is 4.13. The van der Waals surface area contributed by atoms with Gasteiger partial charge in [-0.1, -0.05) is 23.7 Å². The van der Waals surface area contributed by atoms with E-state index in [0.717, 1.165) is 18.7 Å². The Balaban J connectivity index is 1.77. The van der Waals surface area contributed by atoms with Crippen LogP contribution in [0.25, 0.3) is 0 Å². The molecule has 21 heavy (non-hydrogen) atoms. The van der Waals surface area contributed by atoms with Crippen LogP contribution < -0.4 is 14.8 Å². The van der Waals surface area contributed by atoms with Crippen molar-refractivity contribution >= 4 is 11.6 Å². The zero-order valence-corrected chi connectivity index (χ0v) is 12.9. The average Bonchev–Trinajstić information content (AvgIpc) is 2.48. The van der Waals surface area contributed by atoms with Gasteiger partial charge in [0.15, 0.2) is 0 Å². The lowest BCUT2D eigenvalue weighted by Gasteiger charge is -2.14. The highest BCUT2D eigenvalue weighted by Crippen LogP contribution is 2.24. The van der Waals surface area contributed by atoms with Gasteiger partial charge in [0.25, 0.3) is 0 Å². The van der Waals surface area contributed by atoms with Crippen molar-refractivity contribution in [3.05, 3.63) is 53.2 Å². The van der Waals surface area contributed by atoms with Gasteiger partial charge in [-0.25, -0.2) is 4.98 Å². The molecule has 0 aliphatic rings. The van der Waals surface area contributed by atoms with E-state index in [4.69, 9.17) is 21.1 Å². The number of ether oxygens (including phenoxy) is 2. The maximum absolute atomic E-state index is 6.09. The van der Waals surface area contributed by atoms with E-state index in [0.29, 0.717) is 16.7 Å². The van der Waals surface area contributed by atoms with Gasteiger partial charge in [-0.3, -0.25) is 0 Å². The lowest BCUT2D eigenvalue weighted by Crippen LogP contribution is -2.28. The maximum Gasteiger partial charge on any atom is 0.213 e. The predicted molar refractivity (Wildman–Crippen MR) is 84.0 cm³/mol. The number of rotatable bonds is 7. The molecular weight excluding hydrogens is 288 g/mol.